The van der Waals surface area contributed by atoms with Crippen molar-refractivity contribution in [2.75, 3.05) is 33.4 Å². The molecule has 0 spiro atoms. The first-order chi connectivity index (χ1) is 6.43. The van der Waals surface area contributed by atoms with E-state index in [1.54, 1.807) is 7.11 Å². The first-order valence-corrected chi connectivity index (χ1v) is 5.38. The Kier molecular flexibility index (Phi) is 3.56. The lowest BCUT2D eigenvalue weighted by atomic mass is 9.92. The van der Waals surface area contributed by atoms with Crippen LogP contribution in [0.15, 0.2) is 0 Å². The maximum absolute atomic E-state index is 5.84. The number of ether oxygens (including phenoxy) is 1. The van der Waals surface area contributed by atoms with Crippen molar-refractivity contribution in [1.82, 2.24) is 4.90 Å². The topological polar surface area (TPSA) is 38.5 Å². The third-order valence-corrected chi connectivity index (χ3v) is 3.34. The summed E-state index contributed by atoms with van der Waals surface area (Å²) in [6.45, 7) is 10.5. The fraction of sp³-hybridized carbons (Fsp3) is 1.00. The van der Waals surface area contributed by atoms with E-state index in [1.807, 2.05) is 0 Å². The Hall–Kier alpha value is -0.120. The molecule has 0 aromatic rings. The molecule has 3 nitrogen and oxygen atoms in total. The van der Waals surface area contributed by atoms with Crippen LogP contribution in [0.2, 0.25) is 0 Å². The second-order valence-electron chi connectivity index (χ2n) is 5.47. The van der Waals surface area contributed by atoms with Gasteiger partial charge in [-0.05, 0) is 25.3 Å². The summed E-state index contributed by atoms with van der Waals surface area (Å²) in [6, 6.07) is 0. The van der Waals surface area contributed by atoms with Gasteiger partial charge in [-0.1, -0.05) is 13.8 Å². The zero-order valence-electron chi connectivity index (χ0n) is 9.97. The van der Waals surface area contributed by atoms with Crippen LogP contribution in [0.3, 0.4) is 0 Å². The van der Waals surface area contributed by atoms with Crippen molar-refractivity contribution in [3.8, 4) is 0 Å². The fourth-order valence-corrected chi connectivity index (χ4v) is 2.16. The Morgan fingerprint density at radius 3 is 2.50 bits per heavy atom. The minimum absolute atomic E-state index is 0.0164. The molecule has 1 atom stereocenters. The molecule has 3 heteroatoms. The summed E-state index contributed by atoms with van der Waals surface area (Å²) in [5.41, 5.74) is 6.29. The standard InChI is InChI=1S/C11H24N2O/c1-10(2)5-6-13(8-10)11(3,7-12)9-14-4/h5-9,12H2,1-4H3. The third-order valence-electron chi connectivity index (χ3n) is 3.34. The molecule has 0 saturated carbocycles. The van der Waals surface area contributed by atoms with E-state index in [0.717, 1.165) is 19.7 Å². The van der Waals surface area contributed by atoms with Gasteiger partial charge in [-0.25, -0.2) is 0 Å². The van der Waals surface area contributed by atoms with Crippen molar-refractivity contribution in [2.24, 2.45) is 11.1 Å². The molecule has 1 unspecified atom stereocenters. The molecular weight excluding hydrogens is 176 g/mol. The molecule has 1 aliphatic heterocycles. The van der Waals surface area contributed by atoms with Gasteiger partial charge < -0.3 is 10.5 Å². The minimum Gasteiger partial charge on any atom is -0.383 e. The Morgan fingerprint density at radius 2 is 2.14 bits per heavy atom. The monoisotopic (exact) mass is 200 g/mol. The molecule has 0 radical (unpaired) electrons. The SMILES string of the molecule is COCC(C)(CN)N1CCC(C)(C)C1. The maximum atomic E-state index is 5.84. The Labute approximate surface area is 87.6 Å². The molecule has 1 aliphatic rings. The van der Waals surface area contributed by atoms with Crippen LogP contribution in [0, 0.1) is 5.41 Å². The maximum Gasteiger partial charge on any atom is 0.0656 e. The van der Waals surface area contributed by atoms with Crippen LogP contribution in [0.1, 0.15) is 27.2 Å². The van der Waals surface area contributed by atoms with Gasteiger partial charge in [0.1, 0.15) is 0 Å². The molecule has 1 rings (SSSR count). The van der Waals surface area contributed by atoms with Gasteiger partial charge in [0.15, 0.2) is 0 Å². The van der Waals surface area contributed by atoms with Crippen LogP contribution in [-0.4, -0.2) is 43.8 Å². The van der Waals surface area contributed by atoms with Crippen molar-refractivity contribution in [2.45, 2.75) is 32.7 Å². The Bertz CT molecular complexity index is 194. The molecule has 2 N–H and O–H groups in total. The van der Waals surface area contributed by atoms with Crippen LogP contribution in [-0.2, 0) is 4.74 Å². The number of nitrogens with two attached hydrogens (primary N) is 1. The molecule has 0 aliphatic carbocycles. The van der Waals surface area contributed by atoms with E-state index < -0.39 is 0 Å². The lowest BCUT2D eigenvalue weighted by Crippen LogP contribution is -2.54. The average Bonchev–Trinajstić information content (AvgIpc) is 2.47. The van der Waals surface area contributed by atoms with Crippen molar-refractivity contribution in [3.63, 3.8) is 0 Å². The molecule has 1 saturated heterocycles. The lowest BCUT2D eigenvalue weighted by molar-refractivity contribution is 0.0366. The van der Waals surface area contributed by atoms with Gasteiger partial charge in [-0.2, -0.15) is 0 Å². The fourth-order valence-electron chi connectivity index (χ4n) is 2.16. The zero-order valence-corrected chi connectivity index (χ0v) is 9.97. The number of likely N-dealkylation sites (tertiary alicyclic amines) is 1. The predicted molar refractivity (Wildman–Crippen MR) is 59.3 cm³/mol. The van der Waals surface area contributed by atoms with Crippen LogP contribution < -0.4 is 5.73 Å². The predicted octanol–water partition coefficient (Wildman–Crippen LogP) is 1.08. The van der Waals surface area contributed by atoms with Crippen LogP contribution in [0.5, 0.6) is 0 Å². The van der Waals surface area contributed by atoms with Gasteiger partial charge >= 0.3 is 0 Å². The summed E-state index contributed by atoms with van der Waals surface area (Å²) < 4.78 is 5.26. The molecule has 84 valence electrons. The Morgan fingerprint density at radius 1 is 1.50 bits per heavy atom. The van der Waals surface area contributed by atoms with Gasteiger partial charge in [-0.3, -0.25) is 4.90 Å². The number of hydrogen-bond acceptors (Lipinski definition) is 3. The first-order valence-electron chi connectivity index (χ1n) is 5.38. The highest BCUT2D eigenvalue weighted by atomic mass is 16.5. The van der Waals surface area contributed by atoms with Crippen molar-refractivity contribution >= 4 is 0 Å². The van der Waals surface area contributed by atoms with Gasteiger partial charge in [-0.15, -0.1) is 0 Å². The van der Waals surface area contributed by atoms with Crippen molar-refractivity contribution in [3.05, 3.63) is 0 Å². The first kappa shape index (κ1) is 12.0. The second kappa shape index (κ2) is 4.17. The highest BCUT2D eigenvalue weighted by Crippen LogP contribution is 2.33. The minimum atomic E-state index is 0.0164. The largest absolute Gasteiger partial charge is 0.383 e. The zero-order chi connectivity index (χ0) is 10.8. The molecular formula is C11H24N2O. The molecule has 0 aromatic carbocycles. The van der Waals surface area contributed by atoms with E-state index in [-0.39, 0.29) is 5.54 Å². The van der Waals surface area contributed by atoms with Crippen LogP contribution in [0.4, 0.5) is 0 Å². The summed E-state index contributed by atoms with van der Waals surface area (Å²) in [4.78, 5) is 2.47. The second-order valence-corrected chi connectivity index (χ2v) is 5.47. The number of rotatable bonds is 4. The summed E-state index contributed by atoms with van der Waals surface area (Å²) in [5.74, 6) is 0. The van der Waals surface area contributed by atoms with E-state index in [4.69, 9.17) is 10.5 Å². The summed E-state index contributed by atoms with van der Waals surface area (Å²) in [7, 11) is 1.75. The molecule has 1 fully saturated rings. The molecule has 1 heterocycles. The van der Waals surface area contributed by atoms with Crippen LogP contribution >= 0.6 is 0 Å². The van der Waals surface area contributed by atoms with Gasteiger partial charge in [0.25, 0.3) is 0 Å². The summed E-state index contributed by atoms with van der Waals surface area (Å²) >= 11 is 0. The smallest absolute Gasteiger partial charge is 0.0656 e. The molecule has 0 bridgehead atoms. The lowest BCUT2D eigenvalue weighted by Gasteiger charge is -2.38. The van der Waals surface area contributed by atoms with E-state index in [1.165, 1.54) is 6.42 Å². The van der Waals surface area contributed by atoms with Gasteiger partial charge in [0.05, 0.1) is 12.1 Å². The van der Waals surface area contributed by atoms with Crippen molar-refractivity contribution < 1.29 is 4.74 Å². The molecule has 14 heavy (non-hydrogen) atoms. The number of hydrogen-bond donors (Lipinski definition) is 1. The van der Waals surface area contributed by atoms with Crippen LogP contribution in [0.25, 0.3) is 0 Å². The van der Waals surface area contributed by atoms with Gasteiger partial charge in [0.2, 0.25) is 0 Å². The highest BCUT2D eigenvalue weighted by molar-refractivity contribution is 4.94. The number of nitrogens with zero attached hydrogens (tertiary/aromatic N) is 1. The summed E-state index contributed by atoms with van der Waals surface area (Å²) in [6.07, 6.45) is 1.26. The summed E-state index contributed by atoms with van der Waals surface area (Å²) in [5, 5.41) is 0. The van der Waals surface area contributed by atoms with Gasteiger partial charge in [0, 0.05) is 20.2 Å². The highest BCUT2D eigenvalue weighted by Gasteiger charge is 2.39. The molecule has 0 amide bonds. The average molecular weight is 200 g/mol. The van der Waals surface area contributed by atoms with E-state index in [0.29, 0.717) is 12.0 Å². The van der Waals surface area contributed by atoms with Crippen molar-refractivity contribution in [1.29, 1.82) is 0 Å². The normalized spacial score (nSPS) is 26.4. The number of methoxy groups -OCH3 is 1. The van der Waals surface area contributed by atoms with E-state index >= 15 is 0 Å². The Balaban J connectivity index is 2.63. The third kappa shape index (κ3) is 2.47. The quantitative estimate of drug-likeness (QED) is 0.738. The van der Waals surface area contributed by atoms with E-state index in [9.17, 15) is 0 Å². The molecule has 0 aromatic heterocycles. The van der Waals surface area contributed by atoms with E-state index in [2.05, 4.69) is 25.7 Å².